The lowest BCUT2D eigenvalue weighted by Gasteiger charge is -2.32. The van der Waals surface area contributed by atoms with Gasteiger partial charge in [-0.25, -0.2) is 4.39 Å². The second-order valence-corrected chi connectivity index (χ2v) is 5.83. The molecule has 0 amide bonds. The first kappa shape index (κ1) is 11.3. The Morgan fingerprint density at radius 3 is 2.88 bits per heavy atom. The number of halogens is 1. The van der Waals surface area contributed by atoms with Gasteiger partial charge in [0.15, 0.2) is 11.5 Å². The molecule has 2 heterocycles. The smallest absolute Gasteiger partial charge is 0.231 e. The van der Waals surface area contributed by atoms with Gasteiger partial charge in [-0.2, -0.15) is 0 Å². The summed E-state index contributed by atoms with van der Waals surface area (Å²) in [6.07, 6.45) is 0.709. The van der Waals surface area contributed by atoms with Crippen molar-refractivity contribution < 1.29 is 24.1 Å². The quantitative estimate of drug-likeness (QED) is 0.932. The number of benzene rings is 2. The van der Waals surface area contributed by atoms with Crippen LogP contribution in [-0.4, -0.2) is 26.4 Å². The highest BCUT2D eigenvalue weighted by Gasteiger charge is 2.27. The maximum Gasteiger partial charge on any atom is 0.231 e. The van der Waals surface area contributed by atoms with Crippen molar-refractivity contribution in [2.75, 3.05) is 26.4 Å². The Kier molecular flexibility index (Phi) is 3.15. The SMILES string of the molecule is [2H]C1([2H])Oc2ccc(OC[C@H]3C(c4ccc(F)cc4)CCNC3([2H])[2H])cc2O1. The monoisotopic (exact) mass is 333 g/mol. The minimum Gasteiger partial charge on any atom is -0.493 e. The summed E-state index contributed by atoms with van der Waals surface area (Å²) >= 11 is 0. The lowest BCUT2D eigenvalue weighted by Crippen LogP contribution is -2.38. The fourth-order valence-corrected chi connectivity index (χ4v) is 3.04. The Morgan fingerprint density at radius 1 is 1.17 bits per heavy atom. The molecule has 0 aromatic heterocycles. The van der Waals surface area contributed by atoms with E-state index >= 15 is 0 Å². The van der Waals surface area contributed by atoms with Crippen LogP contribution in [0.5, 0.6) is 17.2 Å². The molecule has 2 aliphatic heterocycles. The predicted molar refractivity (Wildman–Crippen MR) is 88.2 cm³/mol. The van der Waals surface area contributed by atoms with Gasteiger partial charge in [0.2, 0.25) is 6.75 Å². The van der Waals surface area contributed by atoms with Crippen LogP contribution in [0.2, 0.25) is 0 Å². The van der Waals surface area contributed by atoms with E-state index in [0.29, 0.717) is 18.7 Å². The van der Waals surface area contributed by atoms with E-state index in [1.54, 1.807) is 24.3 Å². The molecule has 4 nitrogen and oxygen atoms in total. The van der Waals surface area contributed by atoms with Gasteiger partial charge in [-0.15, -0.1) is 0 Å². The average molecular weight is 333 g/mol. The fourth-order valence-electron chi connectivity index (χ4n) is 3.04. The summed E-state index contributed by atoms with van der Waals surface area (Å²) in [7, 11) is 0. The van der Waals surface area contributed by atoms with Crippen LogP contribution < -0.4 is 19.5 Å². The third-order valence-electron chi connectivity index (χ3n) is 4.30. The molecule has 24 heavy (non-hydrogen) atoms. The molecular formula is C19H20FNO3. The van der Waals surface area contributed by atoms with Crippen molar-refractivity contribution in [3.8, 4) is 17.2 Å². The van der Waals surface area contributed by atoms with E-state index in [9.17, 15) is 4.39 Å². The van der Waals surface area contributed by atoms with Gasteiger partial charge in [0, 0.05) is 21.2 Å². The van der Waals surface area contributed by atoms with Crippen LogP contribution in [-0.2, 0) is 0 Å². The van der Waals surface area contributed by atoms with E-state index in [1.165, 1.54) is 18.2 Å². The molecule has 2 aromatic carbocycles. The molecule has 126 valence electrons. The summed E-state index contributed by atoms with van der Waals surface area (Å²) in [5.74, 6) is 0.00938. The van der Waals surface area contributed by atoms with E-state index in [2.05, 4.69) is 5.32 Å². The van der Waals surface area contributed by atoms with Gasteiger partial charge < -0.3 is 19.5 Å². The molecule has 1 saturated heterocycles. The maximum atomic E-state index is 13.3. The highest BCUT2D eigenvalue weighted by molar-refractivity contribution is 5.46. The zero-order valence-corrected chi connectivity index (χ0v) is 12.9. The molecule has 1 N–H and O–H groups in total. The number of piperidine rings is 1. The number of fused-ring (bicyclic) bond motifs is 1. The third-order valence-corrected chi connectivity index (χ3v) is 4.30. The largest absolute Gasteiger partial charge is 0.493 e. The lowest BCUT2D eigenvalue weighted by atomic mass is 9.81. The third kappa shape index (κ3) is 3.17. The molecule has 2 atom stereocenters. The van der Waals surface area contributed by atoms with Gasteiger partial charge in [-0.1, -0.05) is 12.1 Å². The molecule has 5 heteroatoms. The minimum absolute atomic E-state index is 0.0918. The van der Waals surface area contributed by atoms with Gasteiger partial charge in [-0.3, -0.25) is 0 Å². The Balaban J connectivity index is 1.52. The Morgan fingerprint density at radius 2 is 2.00 bits per heavy atom. The first-order chi connectivity index (χ1) is 13.2. The number of ether oxygens (including phenoxy) is 3. The van der Waals surface area contributed by atoms with Gasteiger partial charge >= 0.3 is 0 Å². The van der Waals surface area contributed by atoms with E-state index in [-0.39, 0.29) is 29.8 Å². The molecular weight excluding hydrogens is 309 g/mol. The summed E-state index contributed by atoms with van der Waals surface area (Å²) in [6.45, 7) is -3.25. The highest BCUT2D eigenvalue weighted by Crippen LogP contribution is 2.36. The van der Waals surface area contributed by atoms with Crippen LogP contribution >= 0.6 is 0 Å². The van der Waals surface area contributed by atoms with Crippen LogP contribution in [0.25, 0.3) is 0 Å². The Hall–Kier alpha value is -2.27. The number of hydrogen-bond donors (Lipinski definition) is 1. The normalized spacial score (nSPS) is 29.0. The Labute approximate surface area is 146 Å². The summed E-state index contributed by atoms with van der Waals surface area (Å²) in [6, 6.07) is 10.9. The molecule has 2 aromatic rings. The topological polar surface area (TPSA) is 39.7 Å². The maximum absolute atomic E-state index is 13.3. The van der Waals surface area contributed by atoms with Crippen LogP contribution in [0.4, 0.5) is 4.39 Å². The van der Waals surface area contributed by atoms with Crippen molar-refractivity contribution in [1.29, 1.82) is 0 Å². The van der Waals surface area contributed by atoms with E-state index in [1.807, 2.05) is 0 Å². The lowest BCUT2D eigenvalue weighted by molar-refractivity contribution is 0.173. The highest BCUT2D eigenvalue weighted by atomic mass is 19.1. The Bertz CT molecular complexity index is 863. The van der Waals surface area contributed by atoms with Gasteiger partial charge in [0.05, 0.1) is 6.61 Å². The van der Waals surface area contributed by atoms with Crippen LogP contribution in [0.1, 0.15) is 23.4 Å². The molecule has 4 rings (SSSR count). The van der Waals surface area contributed by atoms with Crippen LogP contribution in [0, 0.1) is 11.7 Å². The van der Waals surface area contributed by atoms with Gasteiger partial charge in [0.1, 0.15) is 14.3 Å². The summed E-state index contributed by atoms with van der Waals surface area (Å²) < 4.78 is 60.9. The van der Waals surface area contributed by atoms with Crippen LogP contribution in [0.3, 0.4) is 0 Å². The molecule has 0 saturated carbocycles. The molecule has 0 radical (unpaired) electrons. The molecule has 0 spiro atoms. The van der Waals surface area contributed by atoms with E-state index in [0.717, 1.165) is 5.56 Å². The first-order valence-corrected chi connectivity index (χ1v) is 7.89. The van der Waals surface area contributed by atoms with Crippen molar-refractivity contribution in [1.82, 2.24) is 5.32 Å². The second kappa shape index (κ2) is 6.69. The summed E-state index contributed by atoms with van der Waals surface area (Å²) in [4.78, 5) is 0. The minimum atomic E-state index is -2.21. The van der Waals surface area contributed by atoms with Crippen molar-refractivity contribution in [2.45, 2.75) is 12.3 Å². The van der Waals surface area contributed by atoms with Crippen molar-refractivity contribution >= 4 is 0 Å². The summed E-state index contributed by atoms with van der Waals surface area (Å²) in [5.41, 5.74) is 0.874. The number of rotatable bonds is 4. The fraction of sp³-hybridized carbons (Fsp3) is 0.368. The first-order valence-electron chi connectivity index (χ1n) is 9.89. The molecule has 0 aliphatic carbocycles. The standard InChI is InChI=1S/C19H20FNO3/c20-15-3-1-13(2-4-15)17-7-8-21-10-14(17)11-22-16-5-6-18-19(9-16)24-12-23-18/h1-6,9,14,17,21H,7-8,10-12H2/t14-,17?/m0/s1/i10D2,12D2. The van der Waals surface area contributed by atoms with Crippen molar-refractivity contribution in [3.05, 3.63) is 53.8 Å². The van der Waals surface area contributed by atoms with Gasteiger partial charge in [-0.05, 0) is 48.7 Å². The van der Waals surface area contributed by atoms with Crippen molar-refractivity contribution in [2.24, 2.45) is 5.92 Å². The molecule has 1 fully saturated rings. The zero-order chi connectivity index (χ0) is 19.9. The van der Waals surface area contributed by atoms with E-state index in [4.69, 9.17) is 19.7 Å². The van der Waals surface area contributed by atoms with Crippen LogP contribution in [0.15, 0.2) is 42.5 Å². The molecule has 1 unspecified atom stereocenters. The molecule has 2 aliphatic rings. The summed E-state index contributed by atoms with van der Waals surface area (Å²) in [5, 5.41) is 2.89. The predicted octanol–water partition coefficient (Wildman–Crippen LogP) is 3.33. The van der Waals surface area contributed by atoms with Gasteiger partial charge in [0.25, 0.3) is 0 Å². The second-order valence-electron chi connectivity index (χ2n) is 5.83. The zero-order valence-electron chi connectivity index (χ0n) is 16.9. The van der Waals surface area contributed by atoms with E-state index < -0.39 is 19.2 Å². The van der Waals surface area contributed by atoms with Crippen molar-refractivity contribution in [3.63, 3.8) is 0 Å². The number of nitrogens with one attached hydrogen (secondary N) is 1. The number of hydrogen-bond acceptors (Lipinski definition) is 4. The average Bonchev–Trinajstić information content (AvgIpc) is 2.93. The molecule has 0 bridgehead atoms.